The molecule has 4 heteroatoms. The van der Waals surface area contributed by atoms with Gasteiger partial charge in [-0.15, -0.1) is 11.8 Å². The lowest BCUT2D eigenvalue weighted by atomic mass is 10.1. The zero-order valence-corrected chi connectivity index (χ0v) is 12.4. The number of halogens is 1. The monoisotopic (exact) mass is 313 g/mol. The van der Waals surface area contributed by atoms with E-state index < -0.39 is 0 Å². The lowest BCUT2D eigenvalue weighted by Gasteiger charge is -2.26. The number of rotatable bonds is 3. The Bertz CT molecular complexity index is 422. The van der Waals surface area contributed by atoms with Crippen molar-refractivity contribution in [3.05, 3.63) is 34.3 Å². The van der Waals surface area contributed by atoms with E-state index in [2.05, 4.69) is 35.8 Å². The average Bonchev–Trinajstić information content (AvgIpc) is 2.61. The van der Waals surface area contributed by atoms with Crippen molar-refractivity contribution in [2.75, 3.05) is 12.3 Å². The van der Waals surface area contributed by atoms with Crippen molar-refractivity contribution in [3.8, 4) is 0 Å². The van der Waals surface area contributed by atoms with Gasteiger partial charge in [-0.1, -0.05) is 48.0 Å². The minimum absolute atomic E-state index is 0.167. The summed E-state index contributed by atoms with van der Waals surface area (Å²) >= 11 is 5.28. The van der Waals surface area contributed by atoms with Gasteiger partial charge in [0.15, 0.2) is 0 Å². The molecule has 1 amide bonds. The third-order valence-corrected chi connectivity index (χ3v) is 4.66. The van der Waals surface area contributed by atoms with Crippen LogP contribution in [0.5, 0.6) is 0 Å². The molecule has 1 heterocycles. The molecule has 1 aromatic rings. The largest absolute Gasteiger partial charge is 0.326 e. The van der Waals surface area contributed by atoms with Gasteiger partial charge in [-0.05, 0) is 17.5 Å². The van der Waals surface area contributed by atoms with E-state index in [1.54, 1.807) is 11.8 Å². The molecule has 17 heavy (non-hydrogen) atoms. The highest BCUT2D eigenvalue weighted by molar-refractivity contribution is 9.10. The Hall–Kier alpha value is -0.480. The summed E-state index contributed by atoms with van der Waals surface area (Å²) in [6.07, 6.45) is 0. The van der Waals surface area contributed by atoms with E-state index in [4.69, 9.17) is 0 Å². The molecule has 1 saturated heterocycles. The molecule has 0 N–H and O–H groups in total. The molecule has 0 bridgehead atoms. The predicted octanol–water partition coefficient (Wildman–Crippen LogP) is 3.68. The summed E-state index contributed by atoms with van der Waals surface area (Å²) in [5.74, 6) is 1.35. The molecule has 0 spiro atoms. The van der Waals surface area contributed by atoms with Crippen LogP contribution in [0.25, 0.3) is 0 Å². The molecular weight excluding hydrogens is 298 g/mol. The van der Waals surface area contributed by atoms with Crippen molar-refractivity contribution in [1.82, 2.24) is 4.90 Å². The lowest BCUT2D eigenvalue weighted by Crippen LogP contribution is -2.31. The second-order valence-electron chi connectivity index (χ2n) is 4.62. The molecule has 1 aliphatic heterocycles. The van der Waals surface area contributed by atoms with E-state index in [9.17, 15) is 4.79 Å². The molecule has 0 aromatic heterocycles. The molecule has 1 unspecified atom stereocenters. The summed E-state index contributed by atoms with van der Waals surface area (Å²) in [5, 5.41) is 0.167. The van der Waals surface area contributed by atoms with Crippen LogP contribution in [-0.4, -0.2) is 23.1 Å². The Morgan fingerprint density at radius 2 is 2.18 bits per heavy atom. The second kappa shape index (κ2) is 5.44. The third kappa shape index (κ3) is 2.86. The van der Waals surface area contributed by atoms with Gasteiger partial charge in [0.2, 0.25) is 5.91 Å². The van der Waals surface area contributed by atoms with Gasteiger partial charge in [-0.3, -0.25) is 4.79 Å². The molecule has 1 aliphatic rings. The maximum Gasteiger partial charge on any atom is 0.233 e. The number of amides is 1. The molecule has 2 rings (SSSR count). The maximum absolute atomic E-state index is 11.9. The minimum Gasteiger partial charge on any atom is -0.326 e. The highest BCUT2D eigenvalue weighted by Gasteiger charge is 2.33. The van der Waals surface area contributed by atoms with Gasteiger partial charge in [0.1, 0.15) is 5.37 Å². The summed E-state index contributed by atoms with van der Waals surface area (Å²) in [5.41, 5.74) is 1.20. The first-order chi connectivity index (χ1) is 8.09. The fourth-order valence-corrected chi connectivity index (χ4v) is 3.87. The zero-order valence-electron chi connectivity index (χ0n) is 10.0. The van der Waals surface area contributed by atoms with Crippen molar-refractivity contribution in [1.29, 1.82) is 0 Å². The Balaban J connectivity index is 2.25. The molecule has 1 atom stereocenters. The Labute approximate surface area is 115 Å². The SMILES string of the molecule is CC(C)CN1C(=O)CSC1c1ccccc1Br. The fraction of sp³-hybridized carbons (Fsp3) is 0.462. The Morgan fingerprint density at radius 1 is 1.47 bits per heavy atom. The van der Waals surface area contributed by atoms with Gasteiger partial charge in [0.05, 0.1) is 5.75 Å². The first-order valence-electron chi connectivity index (χ1n) is 5.75. The molecular formula is C13H16BrNOS. The van der Waals surface area contributed by atoms with Crippen LogP contribution in [0.2, 0.25) is 0 Å². The number of nitrogens with zero attached hydrogens (tertiary/aromatic N) is 1. The van der Waals surface area contributed by atoms with E-state index in [0.29, 0.717) is 11.7 Å². The standard InChI is InChI=1S/C13H16BrNOS/c1-9(2)7-15-12(16)8-17-13(15)10-5-3-4-6-11(10)14/h3-6,9,13H,7-8H2,1-2H3. The second-order valence-corrected chi connectivity index (χ2v) is 6.55. The van der Waals surface area contributed by atoms with Crippen molar-refractivity contribution < 1.29 is 4.79 Å². The van der Waals surface area contributed by atoms with Crippen LogP contribution in [0.3, 0.4) is 0 Å². The van der Waals surface area contributed by atoms with Crippen molar-refractivity contribution in [3.63, 3.8) is 0 Å². The van der Waals surface area contributed by atoms with E-state index in [1.807, 2.05) is 23.1 Å². The molecule has 1 aromatic carbocycles. The lowest BCUT2D eigenvalue weighted by molar-refractivity contribution is -0.128. The Morgan fingerprint density at radius 3 is 2.82 bits per heavy atom. The van der Waals surface area contributed by atoms with Crippen LogP contribution in [0.4, 0.5) is 0 Å². The van der Waals surface area contributed by atoms with Gasteiger partial charge in [0, 0.05) is 11.0 Å². The van der Waals surface area contributed by atoms with Crippen LogP contribution >= 0.6 is 27.7 Å². The van der Waals surface area contributed by atoms with Gasteiger partial charge in [-0.2, -0.15) is 0 Å². The topological polar surface area (TPSA) is 20.3 Å². The van der Waals surface area contributed by atoms with Crippen LogP contribution in [-0.2, 0) is 4.79 Å². The quantitative estimate of drug-likeness (QED) is 0.848. The highest BCUT2D eigenvalue weighted by Crippen LogP contribution is 2.41. The van der Waals surface area contributed by atoms with E-state index >= 15 is 0 Å². The summed E-state index contributed by atoms with van der Waals surface area (Å²) in [6, 6.07) is 8.15. The summed E-state index contributed by atoms with van der Waals surface area (Å²) < 4.78 is 1.08. The van der Waals surface area contributed by atoms with Crippen LogP contribution in [0.15, 0.2) is 28.7 Å². The summed E-state index contributed by atoms with van der Waals surface area (Å²) in [6.45, 7) is 5.12. The van der Waals surface area contributed by atoms with E-state index in [-0.39, 0.29) is 11.3 Å². The zero-order chi connectivity index (χ0) is 12.4. The van der Waals surface area contributed by atoms with Crippen LogP contribution in [0.1, 0.15) is 24.8 Å². The van der Waals surface area contributed by atoms with Crippen molar-refractivity contribution in [2.24, 2.45) is 5.92 Å². The molecule has 0 saturated carbocycles. The molecule has 0 radical (unpaired) electrons. The van der Waals surface area contributed by atoms with Gasteiger partial charge in [-0.25, -0.2) is 0 Å². The smallest absolute Gasteiger partial charge is 0.233 e. The normalized spacial score (nSPS) is 20.4. The molecule has 92 valence electrons. The van der Waals surface area contributed by atoms with Crippen molar-refractivity contribution >= 4 is 33.6 Å². The van der Waals surface area contributed by atoms with Gasteiger partial charge in [0.25, 0.3) is 0 Å². The predicted molar refractivity (Wildman–Crippen MR) is 75.9 cm³/mol. The summed E-state index contributed by atoms with van der Waals surface area (Å²) in [4.78, 5) is 13.9. The van der Waals surface area contributed by atoms with E-state index in [1.165, 1.54) is 5.56 Å². The minimum atomic E-state index is 0.167. The van der Waals surface area contributed by atoms with Crippen LogP contribution < -0.4 is 0 Å². The first kappa shape index (κ1) is 13.0. The Kier molecular flexibility index (Phi) is 4.15. The van der Waals surface area contributed by atoms with Crippen molar-refractivity contribution in [2.45, 2.75) is 19.2 Å². The first-order valence-corrected chi connectivity index (χ1v) is 7.59. The number of benzene rings is 1. The molecule has 2 nitrogen and oxygen atoms in total. The maximum atomic E-state index is 11.9. The third-order valence-electron chi connectivity index (χ3n) is 2.70. The number of carbonyl (C=O) groups is 1. The summed E-state index contributed by atoms with van der Waals surface area (Å²) in [7, 11) is 0. The van der Waals surface area contributed by atoms with Gasteiger partial charge >= 0.3 is 0 Å². The average molecular weight is 314 g/mol. The number of thioether (sulfide) groups is 1. The number of hydrogen-bond donors (Lipinski definition) is 0. The van der Waals surface area contributed by atoms with Gasteiger partial charge < -0.3 is 4.90 Å². The fourth-order valence-electron chi connectivity index (χ4n) is 1.98. The number of carbonyl (C=O) groups excluding carboxylic acids is 1. The van der Waals surface area contributed by atoms with E-state index in [0.717, 1.165) is 11.0 Å². The van der Waals surface area contributed by atoms with Crippen LogP contribution in [0, 0.1) is 5.92 Å². The molecule has 0 aliphatic carbocycles. The highest BCUT2D eigenvalue weighted by atomic mass is 79.9. The number of hydrogen-bond acceptors (Lipinski definition) is 2. The molecule has 1 fully saturated rings.